The first-order chi connectivity index (χ1) is 22.2. The number of hydrogen-bond donors (Lipinski definition) is 3. The van der Waals surface area contributed by atoms with Crippen molar-refractivity contribution in [2.24, 2.45) is 11.8 Å². The Balaban J connectivity index is 1.12. The van der Waals surface area contributed by atoms with Crippen molar-refractivity contribution < 1.29 is 19.4 Å². The lowest BCUT2D eigenvalue weighted by molar-refractivity contribution is -0.144. The number of carboxylic acids is 1. The van der Waals surface area contributed by atoms with E-state index in [9.17, 15) is 9.90 Å². The largest absolute Gasteiger partial charge is 0.493 e. The number of nitrogens with zero attached hydrogens (tertiary/aromatic N) is 1. The molecule has 244 valence electrons. The monoisotopic (exact) mass is 643 g/mol. The third kappa shape index (κ3) is 5.97. The molecular formula is C38H46ClN3O4. The van der Waals surface area contributed by atoms with Gasteiger partial charge in [0.15, 0.2) is 0 Å². The Hall–Kier alpha value is -3.29. The molecule has 1 unspecified atom stereocenters. The maximum atomic E-state index is 12.9. The van der Waals surface area contributed by atoms with Gasteiger partial charge in [0.1, 0.15) is 23.1 Å². The molecule has 2 aromatic carbocycles. The van der Waals surface area contributed by atoms with Crippen LogP contribution in [0, 0.1) is 11.8 Å². The zero-order valence-electron chi connectivity index (χ0n) is 27.0. The standard InChI is InChI=1S/C38H46ClN3O4/c1-24(23-45-34-11-16-41-33-8-3-5-25(2)35(33)34)17-27-18-26-9-10-30(46-31-21-40-22-31)20-32(26)37(27)12-14-38(15-13-37,36(43)44)42-29-7-4-6-28(39)19-29/h4,6-7,9-11,16,19-20,24-25,27,31,40,42H,3,5,8,12-15,17-18,21-23H2,1-2H3,(H,43,44)/t24-,25-,27?,37?,38?/m1/s1. The molecule has 1 aliphatic heterocycles. The fourth-order valence-electron chi connectivity index (χ4n) is 8.69. The molecule has 2 fully saturated rings. The van der Waals surface area contributed by atoms with Crippen LogP contribution in [0.25, 0.3) is 0 Å². The van der Waals surface area contributed by atoms with Gasteiger partial charge in [0.2, 0.25) is 0 Å². The average Bonchev–Trinajstić information content (AvgIpc) is 3.30. The van der Waals surface area contributed by atoms with Crippen molar-refractivity contribution in [3.63, 3.8) is 0 Å². The second kappa shape index (κ2) is 12.7. The maximum absolute atomic E-state index is 12.9. The highest BCUT2D eigenvalue weighted by atomic mass is 35.5. The number of aryl methyl sites for hydroxylation is 1. The number of hydrogen-bond acceptors (Lipinski definition) is 6. The number of benzene rings is 2. The van der Waals surface area contributed by atoms with Crippen LogP contribution < -0.4 is 20.1 Å². The van der Waals surface area contributed by atoms with Gasteiger partial charge < -0.3 is 25.2 Å². The summed E-state index contributed by atoms with van der Waals surface area (Å²) in [5.74, 6) is 2.32. The summed E-state index contributed by atoms with van der Waals surface area (Å²) in [5, 5.41) is 17.9. The summed E-state index contributed by atoms with van der Waals surface area (Å²) in [6.07, 6.45) is 10.2. The van der Waals surface area contributed by atoms with Crippen LogP contribution in [0.3, 0.4) is 0 Å². The molecule has 1 aromatic heterocycles. The Labute approximate surface area is 277 Å². The van der Waals surface area contributed by atoms with E-state index in [0.717, 1.165) is 62.4 Å². The first-order valence-corrected chi connectivity index (χ1v) is 17.5. The number of halogens is 1. The summed E-state index contributed by atoms with van der Waals surface area (Å²) in [6.45, 7) is 6.99. The lowest BCUT2D eigenvalue weighted by Gasteiger charge is -2.47. The number of carboxylic acid groups (broad SMARTS) is 1. The number of aliphatic carboxylic acids is 1. The molecule has 7 rings (SSSR count). The number of anilines is 1. The maximum Gasteiger partial charge on any atom is 0.329 e. The minimum atomic E-state index is -1.04. The van der Waals surface area contributed by atoms with E-state index < -0.39 is 11.5 Å². The van der Waals surface area contributed by atoms with Crippen LogP contribution in [0.1, 0.15) is 87.1 Å². The van der Waals surface area contributed by atoms with E-state index >= 15 is 0 Å². The molecule has 8 heteroatoms. The second-order valence-electron chi connectivity index (χ2n) is 14.4. The predicted molar refractivity (Wildman–Crippen MR) is 181 cm³/mol. The highest BCUT2D eigenvalue weighted by Crippen LogP contribution is 2.57. The van der Waals surface area contributed by atoms with Crippen LogP contribution in [0.2, 0.25) is 5.02 Å². The van der Waals surface area contributed by atoms with E-state index in [-0.39, 0.29) is 11.5 Å². The summed E-state index contributed by atoms with van der Waals surface area (Å²) in [5.41, 5.74) is 4.82. The van der Waals surface area contributed by atoms with Crippen molar-refractivity contribution in [1.82, 2.24) is 10.3 Å². The summed E-state index contributed by atoms with van der Waals surface area (Å²) in [6, 6.07) is 16.1. The van der Waals surface area contributed by atoms with E-state index in [0.29, 0.717) is 42.2 Å². The molecule has 0 radical (unpaired) electrons. The number of carbonyl (C=O) groups is 1. The van der Waals surface area contributed by atoms with E-state index in [1.54, 1.807) is 0 Å². The molecule has 3 aromatic rings. The molecule has 46 heavy (non-hydrogen) atoms. The third-order valence-corrected chi connectivity index (χ3v) is 11.5. The van der Waals surface area contributed by atoms with Crippen LogP contribution in [0.5, 0.6) is 11.5 Å². The van der Waals surface area contributed by atoms with E-state index in [1.807, 2.05) is 36.5 Å². The second-order valence-corrected chi connectivity index (χ2v) is 14.8. The molecule has 1 spiro atoms. The van der Waals surface area contributed by atoms with Gasteiger partial charge in [-0.2, -0.15) is 0 Å². The molecule has 3 aliphatic carbocycles. The van der Waals surface area contributed by atoms with E-state index in [4.69, 9.17) is 21.1 Å². The number of aromatic nitrogens is 1. The third-order valence-electron chi connectivity index (χ3n) is 11.3. The lowest BCUT2D eigenvalue weighted by Crippen LogP contribution is -2.53. The normalized spacial score (nSPS) is 27.7. The lowest BCUT2D eigenvalue weighted by atomic mass is 9.59. The Bertz CT molecular complexity index is 1580. The fourth-order valence-corrected chi connectivity index (χ4v) is 8.88. The Morgan fingerprint density at radius 1 is 1.15 bits per heavy atom. The van der Waals surface area contributed by atoms with Crippen LogP contribution in [-0.4, -0.2) is 47.4 Å². The van der Waals surface area contributed by atoms with Crippen LogP contribution >= 0.6 is 11.6 Å². The van der Waals surface area contributed by atoms with Gasteiger partial charge in [-0.05, 0) is 128 Å². The Kier molecular flexibility index (Phi) is 8.66. The topological polar surface area (TPSA) is 92.7 Å². The van der Waals surface area contributed by atoms with Gasteiger partial charge in [-0.15, -0.1) is 0 Å². The van der Waals surface area contributed by atoms with Gasteiger partial charge in [-0.25, -0.2) is 4.79 Å². The van der Waals surface area contributed by atoms with E-state index in [1.165, 1.54) is 35.2 Å². The van der Waals surface area contributed by atoms with Crippen molar-refractivity contribution >= 4 is 23.3 Å². The smallest absolute Gasteiger partial charge is 0.329 e. The molecular weight excluding hydrogens is 598 g/mol. The highest BCUT2D eigenvalue weighted by Gasteiger charge is 2.54. The van der Waals surface area contributed by atoms with Crippen molar-refractivity contribution in [3.05, 3.63) is 82.1 Å². The van der Waals surface area contributed by atoms with Gasteiger partial charge >= 0.3 is 5.97 Å². The number of ether oxygens (including phenoxy) is 2. The Morgan fingerprint density at radius 2 is 1.98 bits per heavy atom. The van der Waals surface area contributed by atoms with Crippen LogP contribution in [-0.2, 0) is 23.1 Å². The van der Waals surface area contributed by atoms with Crippen LogP contribution in [0.4, 0.5) is 5.69 Å². The molecule has 1 saturated carbocycles. The van der Waals surface area contributed by atoms with Gasteiger partial charge in [-0.1, -0.05) is 37.6 Å². The highest BCUT2D eigenvalue weighted by molar-refractivity contribution is 6.30. The van der Waals surface area contributed by atoms with Crippen molar-refractivity contribution in [2.75, 3.05) is 25.0 Å². The molecule has 0 bridgehead atoms. The Morgan fingerprint density at radius 3 is 2.72 bits per heavy atom. The fraction of sp³-hybridized carbons (Fsp3) is 0.526. The number of nitrogens with one attached hydrogen (secondary N) is 2. The summed E-state index contributed by atoms with van der Waals surface area (Å²) < 4.78 is 12.9. The zero-order chi connectivity index (χ0) is 31.9. The van der Waals surface area contributed by atoms with Crippen molar-refractivity contribution in [2.45, 2.75) is 94.6 Å². The number of rotatable bonds is 10. The average molecular weight is 644 g/mol. The number of pyridine rings is 1. The molecule has 1 saturated heterocycles. The minimum Gasteiger partial charge on any atom is -0.493 e. The molecule has 3 atom stereocenters. The zero-order valence-corrected chi connectivity index (χ0v) is 27.7. The summed E-state index contributed by atoms with van der Waals surface area (Å²) >= 11 is 6.27. The number of fused-ring (bicyclic) bond motifs is 3. The quantitative estimate of drug-likeness (QED) is 0.210. The first-order valence-electron chi connectivity index (χ1n) is 17.1. The first kappa shape index (κ1) is 31.3. The molecule has 0 amide bonds. The molecule has 4 aliphatic rings. The molecule has 7 nitrogen and oxygen atoms in total. The SMILES string of the molecule is C[C@@H](COc1ccnc2c1[C@H](C)CCC2)CC1Cc2ccc(OC3CNC3)cc2C12CCC(Nc1cccc(Cl)c1)(C(=O)O)CC2. The van der Waals surface area contributed by atoms with Gasteiger partial charge in [0.25, 0.3) is 0 Å². The van der Waals surface area contributed by atoms with Crippen LogP contribution in [0.15, 0.2) is 54.7 Å². The van der Waals surface area contributed by atoms with Gasteiger partial charge in [0.05, 0.1) is 6.61 Å². The molecule has 2 heterocycles. The minimum absolute atomic E-state index is 0.111. The van der Waals surface area contributed by atoms with E-state index in [2.05, 4.69) is 47.7 Å². The summed E-state index contributed by atoms with van der Waals surface area (Å²) in [7, 11) is 0. The predicted octanol–water partition coefficient (Wildman–Crippen LogP) is 7.55. The van der Waals surface area contributed by atoms with Gasteiger partial charge in [0, 0.05) is 41.3 Å². The van der Waals surface area contributed by atoms with Crippen molar-refractivity contribution in [3.8, 4) is 11.5 Å². The van der Waals surface area contributed by atoms with Crippen molar-refractivity contribution in [1.29, 1.82) is 0 Å². The van der Waals surface area contributed by atoms with Gasteiger partial charge in [-0.3, -0.25) is 4.98 Å². The molecule has 3 N–H and O–H groups in total. The summed E-state index contributed by atoms with van der Waals surface area (Å²) in [4.78, 5) is 17.6.